The van der Waals surface area contributed by atoms with Gasteiger partial charge in [0.2, 0.25) is 0 Å². The van der Waals surface area contributed by atoms with Crippen LogP contribution >= 0.6 is 0 Å². The summed E-state index contributed by atoms with van der Waals surface area (Å²) < 4.78 is 6.73. The Morgan fingerprint density at radius 2 is 0.822 bits per heavy atom. The van der Waals surface area contributed by atoms with Gasteiger partial charge in [0.1, 0.15) is 11.2 Å². The van der Waals surface area contributed by atoms with Crippen LogP contribution in [0.5, 0.6) is 0 Å². The van der Waals surface area contributed by atoms with E-state index in [1.807, 2.05) is 60.9 Å². The Hall–Kier alpha value is -6.20. The summed E-state index contributed by atoms with van der Waals surface area (Å²) in [4.78, 5) is 18.4. The monoisotopic (exact) mass is 576 g/mol. The second-order valence-electron chi connectivity index (χ2n) is 11.1. The minimum atomic E-state index is 0.842. The maximum atomic E-state index is 6.73. The van der Waals surface area contributed by atoms with E-state index >= 15 is 0 Å². The molecule has 9 aromatic rings. The van der Waals surface area contributed by atoms with E-state index in [0.29, 0.717) is 0 Å². The summed E-state index contributed by atoms with van der Waals surface area (Å²) in [5.74, 6) is 0. The molecule has 0 aliphatic carbocycles. The molecule has 0 saturated carbocycles. The first-order valence-corrected chi connectivity index (χ1v) is 14.9. The van der Waals surface area contributed by atoms with Crippen molar-refractivity contribution >= 4 is 43.5 Å². The van der Waals surface area contributed by atoms with E-state index in [9.17, 15) is 0 Å². The van der Waals surface area contributed by atoms with Crippen LogP contribution in [0.4, 0.5) is 0 Å². The van der Waals surface area contributed by atoms with Crippen LogP contribution in [0.15, 0.2) is 151 Å². The Labute approximate surface area is 258 Å². The van der Waals surface area contributed by atoms with Crippen molar-refractivity contribution in [1.29, 1.82) is 0 Å². The van der Waals surface area contributed by atoms with Crippen LogP contribution in [-0.4, -0.2) is 19.9 Å². The molecule has 0 amide bonds. The van der Waals surface area contributed by atoms with Crippen LogP contribution in [0, 0.1) is 0 Å². The lowest BCUT2D eigenvalue weighted by Gasteiger charge is -2.10. The number of aromatic nitrogens is 4. The molecular formula is C40H24N4O. The Bertz CT molecular complexity index is 2330. The molecule has 0 aliphatic heterocycles. The predicted molar refractivity (Wildman–Crippen MR) is 182 cm³/mol. The zero-order valence-corrected chi connectivity index (χ0v) is 24.1. The van der Waals surface area contributed by atoms with Gasteiger partial charge < -0.3 is 4.42 Å². The molecule has 210 valence electrons. The maximum absolute atomic E-state index is 6.73. The molecule has 0 atom stereocenters. The van der Waals surface area contributed by atoms with Gasteiger partial charge >= 0.3 is 0 Å². The van der Waals surface area contributed by atoms with Crippen LogP contribution in [-0.2, 0) is 0 Å². The predicted octanol–water partition coefficient (Wildman–Crippen LogP) is 10.1. The smallest absolute Gasteiger partial charge is 0.135 e. The molecule has 5 heterocycles. The van der Waals surface area contributed by atoms with Crippen molar-refractivity contribution in [3.63, 3.8) is 0 Å². The van der Waals surface area contributed by atoms with E-state index < -0.39 is 0 Å². The minimum Gasteiger partial charge on any atom is -0.456 e. The van der Waals surface area contributed by atoms with Gasteiger partial charge in [-0.15, -0.1) is 0 Å². The molecule has 0 radical (unpaired) electrons. The molecule has 0 aliphatic rings. The van der Waals surface area contributed by atoms with Crippen molar-refractivity contribution in [3.8, 4) is 45.0 Å². The average molecular weight is 577 g/mol. The number of fused-ring (bicyclic) bond motifs is 1. The molecule has 45 heavy (non-hydrogen) atoms. The zero-order chi connectivity index (χ0) is 29.7. The Kier molecular flexibility index (Phi) is 5.74. The zero-order valence-electron chi connectivity index (χ0n) is 24.1. The third-order valence-corrected chi connectivity index (χ3v) is 8.52. The summed E-state index contributed by atoms with van der Waals surface area (Å²) in [5.41, 5.74) is 9.40. The second-order valence-corrected chi connectivity index (χ2v) is 11.1. The fourth-order valence-corrected chi connectivity index (χ4v) is 6.43. The van der Waals surface area contributed by atoms with Gasteiger partial charge in [0.15, 0.2) is 0 Å². The van der Waals surface area contributed by atoms with Gasteiger partial charge in [0.05, 0.1) is 22.8 Å². The van der Waals surface area contributed by atoms with E-state index in [-0.39, 0.29) is 0 Å². The minimum absolute atomic E-state index is 0.842. The Morgan fingerprint density at radius 1 is 0.356 bits per heavy atom. The highest BCUT2D eigenvalue weighted by molar-refractivity contribution is 6.26. The maximum Gasteiger partial charge on any atom is 0.135 e. The molecule has 9 rings (SSSR count). The molecule has 5 heteroatoms. The first kappa shape index (κ1) is 25.3. The molecule has 5 nitrogen and oxygen atoms in total. The van der Waals surface area contributed by atoms with Crippen molar-refractivity contribution in [2.45, 2.75) is 0 Å². The van der Waals surface area contributed by atoms with Gasteiger partial charge in [-0.2, -0.15) is 0 Å². The normalized spacial score (nSPS) is 11.6. The lowest BCUT2D eigenvalue weighted by Crippen LogP contribution is -1.89. The van der Waals surface area contributed by atoms with Crippen LogP contribution in [0.3, 0.4) is 0 Å². The summed E-state index contributed by atoms with van der Waals surface area (Å²) in [5, 5.41) is 6.72. The van der Waals surface area contributed by atoms with E-state index in [1.54, 1.807) is 12.4 Å². The molecule has 5 aromatic heterocycles. The fraction of sp³-hybridized carbons (Fsp3) is 0. The van der Waals surface area contributed by atoms with Gasteiger partial charge in [-0.3, -0.25) is 19.9 Å². The third kappa shape index (κ3) is 4.17. The Morgan fingerprint density at radius 3 is 1.24 bits per heavy atom. The van der Waals surface area contributed by atoms with Crippen LogP contribution < -0.4 is 0 Å². The molecule has 0 bridgehead atoms. The van der Waals surface area contributed by atoms with E-state index in [0.717, 1.165) is 88.5 Å². The van der Waals surface area contributed by atoms with Gasteiger partial charge in [-0.1, -0.05) is 60.7 Å². The largest absolute Gasteiger partial charge is 0.456 e. The van der Waals surface area contributed by atoms with Crippen LogP contribution in [0.1, 0.15) is 0 Å². The summed E-state index contributed by atoms with van der Waals surface area (Å²) in [6.45, 7) is 0. The molecule has 0 N–H and O–H groups in total. The number of hydrogen-bond acceptors (Lipinski definition) is 5. The van der Waals surface area contributed by atoms with Crippen LogP contribution in [0.25, 0.3) is 88.5 Å². The van der Waals surface area contributed by atoms with Gasteiger partial charge in [0.25, 0.3) is 0 Å². The highest BCUT2D eigenvalue weighted by atomic mass is 16.3. The second kappa shape index (κ2) is 10.2. The number of nitrogens with zero attached hydrogens (tertiary/aromatic N) is 4. The van der Waals surface area contributed by atoms with E-state index in [1.165, 1.54) is 0 Å². The van der Waals surface area contributed by atoms with Gasteiger partial charge in [-0.25, -0.2) is 0 Å². The first-order chi connectivity index (χ1) is 22.3. The summed E-state index contributed by atoms with van der Waals surface area (Å²) in [6, 6.07) is 41.5. The average Bonchev–Trinajstić information content (AvgIpc) is 3.26. The summed E-state index contributed by atoms with van der Waals surface area (Å²) in [6.07, 6.45) is 7.44. The standard InChI is InChI=1S/C40H24N4O/c1-3-21-41-33(11-1)35-17-13-25(23-43-35)27-15-19-37-39-29(27)7-5-9-31(39)32-10-6-8-30-28(16-20-38(45-37)40(30)32)26-14-18-36(44-24-26)34-12-2-4-22-42-34/h1-24H. The molecule has 0 saturated heterocycles. The first-order valence-electron chi connectivity index (χ1n) is 14.9. The fourth-order valence-electron chi connectivity index (χ4n) is 6.43. The quantitative estimate of drug-likeness (QED) is 0.209. The molecule has 0 fully saturated rings. The van der Waals surface area contributed by atoms with Gasteiger partial charge in [-0.05, 0) is 93.3 Å². The van der Waals surface area contributed by atoms with Crippen molar-refractivity contribution in [3.05, 3.63) is 146 Å². The number of pyridine rings is 4. The third-order valence-electron chi connectivity index (χ3n) is 8.52. The lowest BCUT2D eigenvalue weighted by molar-refractivity contribution is 0.664. The number of benzene rings is 4. The van der Waals surface area contributed by atoms with Crippen molar-refractivity contribution in [2.24, 2.45) is 0 Å². The van der Waals surface area contributed by atoms with Gasteiger partial charge in [0, 0.05) is 46.7 Å². The van der Waals surface area contributed by atoms with Crippen LogP contribution in [0.2, 0.25) is 0 Å². The van der Waals surface area contributed by atoms with Crippen molar-refractivity contribution in [1.82, 2.24) is 19.9 Å². The van der Waals surface area contributed by atoms with Crippen molar-refractivity contribution < 1.29 is 4.42 Å². The lowest BCUT2D eigenvalue weighted by atomic mass is 9.93. The highest BCUT2D eigenvalue weighted by Crippen LogP contribution is 2.42. The van der Waals surface area contributed by atoms with E-state index in [2.05, 4.69) is 82.8 Å². The SMILES string of the molecule is c1ccc(-c2ccc(-c3ccc4oc5ccc(-c6ccc(-c7ccccn7)nc6)c6cccc(c7cccc3c47)c56)cn2)nc1. The summed E-state index contributed by atoms with van der Waals surface area (Å²) in [7, 11) is 0. The molecule has 0 unspecified atom stereocenters. The highest BCUT2D eigenvalue weighted by Gasteiger charge is 2.16. The number of rotatable bonds is 4. The van der Waals surface area contributed by atoms with E-state index in [4.69, 9.17) is 14.4 Å². The molecular weight excluding hydrogens is 552 g/mol. The topological polar surface area (TPSA) is 64.7 Å². The molecule has 0 spiro atoms. The van der Waals surface area contributed by atoms with Crippen molar-refractivity contribution in [2.75, 3.05) is 0 Å². The number of hydrogen-bond donors (Lipinski definition) is 0. The molecule has 4 aromatic carbocycles. The summed E-state index contributed by atoms with van der Waals surface area (Å²) >= 11 is 0. The Balaban J connectivity index is 1.23.